The van der Waals surface area contributed by atoms with E-state index in [1.54, 1.807) is 0 Å². The van der Waals surface area contributed by atoms with Crippen LogP contribution in [0.1, 0.15) is 324 Å². The summed E-state index contributed by atoms with van der Waals surface area (Å²) in [4.78, 5) is 72.2. The van der Waals surface area contributed by atoms with Gasteiger partial charge in [-0.05, 0) is 37.5 Å². The van der Waals surface area contributed by atoms with E-state index in [-0.39, 0.29) is 25.7 Å². The lowest BCUT2D eigenvalue weighted by Gasteiger charge is -2.21. The molecule has 0 spiro atoms. The Bertz CT molecular complexity index is 1650. The lowest BCUT2D eigenvalue weighted by molar-refractivity contribution is -0.161. The number of phosphoric ester groups is 2. The van der Waals surface area contributed by atoms with Crippen LogP contribution in [-0.4, -0.2) is 96.7 Å². The van der Waals surface area contributed by atoms with Crippen LogP contribution in [0.4, 0.5) is 0 Å². The molecule has 0 saturated heterocycles. The average Bonchev–Trinajstić information content (AvgIpc) is 3.53. The topological polar surface area (TPSA) is 237 Å². The highest BCUT2D eigenvalue weighted by Crippen LogP contribution is 2.45. The van der Waals surface area contributed by atoms with Crippen LogP contribution >= 0.6 is 15.6 Å². The zero-order valence-electron chi connectivity index (χ0n) is 54.2. The molecule has 0 amide bonds. The van der Waals surface area contributed by atoms with Crippen LogP contribution in [-0.2, 0) is 65.4 Å². The molecule has 3 N–H and O–H groups in total. The smallest absolute Gasteiger partial charge is 0.462 e. The minimum Gasteiger partial charge on any atom is -0.462 e. The Labute approximate surface area is 511 Å². The number of unbranched alkanes of at least 4 members (excludes halogenated alkanes) is 34. The minimum atomic E-state index is -4.95. The number of esters is 4. The SMILES string of the molecule is CCCCCCCCCCCCCCCCCC(=O)O[C@H](COC(=O)CCCCCCCCCCCCC)COP(=O)(O)OC[C@@H](O)COP(=O)(O)OC[C@@H](COC(=O)CCCCCCCCC(C)C)OC(=O)CCCCCCCCC(C)C. The zero-order valence-corrected chi connectivity index (χ0v) is 56.0. The molecule has 84 heavy (non-hydrogen) atoms. The van der Waals surface area contributed by atoms with Crippen molar-refractivity contribution in [1.29, 1.82) is 0 Å². The first-order chi connectivity index (χ1) is 40.4. The molecule has 5 atom stereocenters. The molecule has 0 bridgehead atoms. The molecular weight excluding hydrogens is 1110 g/mol. The Balaban J connectivity index is 5.22. The highest BCUT2D eigenvalue weighted by Gasteiger charge is 2.30. The van der Waals surface area contributed by atoms with E-state index in [1.165, 1.54) is 135 Å². The molecule has 0 saturated carbocycles. The van der Waals surface area contributed by atoms with Crippen LogP contribution < -0.4 is 0 Å². The Morgan fingerprint density at radius 2 is 0.548 bits per heavy atom. The van der Waals surface area contributed by atoms with E-state index in [9.17, 15) is 43.2 Å². The Kier molecular flexibility index (Phi) is 56.2. The maximum Gasteiger partial charge on any atom is 0.472 e. The maximum atomic E-state index is 13.0. The molecule has 0 aliphatic rings. The van der Waals surface area contributed by atoms with Crippen molar-refractivity contribution in [3.05, 3.63) is 0 Å². The summed E-state index contributed by atoms with van der Waals surface area (Å²) in [6, 6.07) is 0. The Morgan fingerprint density at radius 1 is 0.321 bits per heavy atom. The summed E-state index contributed by atoms with van der Waals surface area (Å²) in [6.45, 7) is 9.33. The van der Waals surface area contributed by atoms with Crippen molar-refractivity contribution in [3.63, 3.8) is 0 Å². The predicted octanol–water partition coefficient (Wildman–Crippen LogP) is 18.0. The van der Waals surface area contributed by atoms with Crippen LogP contribution in [0.15, 0.2) is 0 Å². The van der Waals surface area contributed by atoms with Crippen LogP contribution in [0.25, 0.3) is 0 Å². The van der Waals surface area contributed by atoms with Crippen molar-refractivity contribution in [2.75, 3.05) is 39.6 Å². The number of rotatable bonds is 64. The summed E-state index contributed by atoms with van der Waals surface area (Å²) < 4.78 is 68.0. The van der Waals surface area contributed by atoms with Gasteiger partial charge in [0, 0.05) is 25.7 Å². The van der Waals surface area contributed by atoms with Crippen molar-refractivity contribution < 1.29 is 80.2 Å². The average molecular weight is 1240 g/mol. The van der Waals surface area contributed by atoms with Gasteiger partial charge in [-0.2, -0.15) is 0 Å². The molecule has 0 heterocycles. The summed E-state index contributed by atoms with van der Waals surface area (Å²) in [7, 11) is -9.89. The van der Waals surface area contributed by atoms with Gasteiger partial charge in [0.05, 0.1) is 26.4 Å². The highest BCUT2D eigenvalue weighted by molar-refractivity contribution is 7.47. The normalized spacial score (nSPS) is 14.3. The summed E-state index contributed by atoms with van der Waals surface area (Å²) >= 11 is 0. The third-order valence-electron chi connectivity index (χ3n) is 15.0. The largest absolute Gasteiger partial charge is 0.472 e. The first kappa shape index (κ1) is 82.1. The number of ether oxygens (including phenoxy) is 4. The van der Waals surface area contributed by atoms with Gasteiger partial charge in [0.25, 0.3) is 0 Å². The van der Waals surface area contributed by atoms with Gasteiger partial charge in [0.15, 0.2) is 12.2 Å². The lowest BCUT2D eigenvalue weighted by atomic mass is 10.0. The second kappa shape index (κ2) is 57.5. The Hall–Kier alpha value is -1.94. The van der Waals surface area contributed by atoms with Crippen molar-refractivity contribution in [1.82, 2.24) is 0 Å². The number of hydrogen-bond donors (Lipinski definition) is 3. The standard InChI is InChI=1S/C65H126O17P2/c1-7-9-11-13-15-17-19-20-21-22-24-26-28-37-43-49-64(69)81-60(53-75-62(67)47-41-35-27-25-23-18-16-14-12-10-8-2)55-79-83(71,72)77-51-59(66)52-78-84(73,74)80-56-61(82-65(70)50-44-38-32-30-34-40-46-58(5)6)54-76-63(68)48-42-36-31-29-33-39-45-57(3)4/h57-61,66H,7-56H2,1-6H3,(H,71,72)(H,73,74)/t59-,60-,61-/m1/s1. The fourth-order valence-electron chi connectivity index (χ4n) is 9.71. The molecule has 0 fully saturated rings. The summed E-state index contributed by atoms with van der Waals surface area (Å²) in [5, 5.41) is 10.5. The van der Waals surface area contributed by atoms with Crippen molar-refractivity contribution >= 4 is 39.5 Å². The van der Waals surface area contributed by atoms with Crippen LogP contribution in [0.5, 0.6) is 0 Å². The summed E-state index contributed by atoms with van der Waals surface area (Å²) in [6.07, 6.45) is 40.6. The molecule has 17 nitrogen and oxygen atoms in total. The second-order valence-corrected chi connectivity index (χ2v) is 27.4. The minimum absolute atomic E-state index is 0.101. The lowest BCUT2D eigenvalue weighted by Crippen LogP contribution is -2.30. The molecule has 2 unspecified atom stereocenters. The van der Waals surface area contributed by atoms with Gasteiger partial charge in [0.2, 0.25) is 0 Å². The monoisotopic (exact) mass is 1240 g/mol. The molecule has 498 valence electrons. The van der Waals surface area contributed by atoms with Crippen molar-refractivity contribution in [2.45, 2.75) is 342 Å². The molecule has 0 aromatic heterocycles. The predicted molar refractivity (Wildman–Crippen MR) is 335 cm³/mol. The second-order valence-electron chi connectivity index (χ2n) is 24.5. The molecule has 0 aromatic carbocycles. The van der Waals surface area contributed by atoms with Gasteiger partial charge < -0.3 is 33.8 Å². The van der Waals surface area contributed by atoms with Crippen LogP contribution in [0, 0.1) is 11.8 Å². The van der Waals surface area contributed by atoms with Crippen molar-refractivity contribution in [2.24, 2.45) is 11.8 Å². The number of carbonyl (C=O) groups is 4. The molecule has 19 heteroatoms. The van der Waals surface area contributed by atoms with Crippen molar-refractivity contribution in [3.8, 4) is 0 Å². The summed E-state index contributed by atoms with van der Waals surface area (Å²) in [5.74, 6) is -0.788. The van der Waals surface area contributed by atoms with E-state index in [1.807, 2.05) is 0 Å². The third kappa shape index (κ3) is 59.0. The van der Waals surface area contributed by atoms with Gasteiger partial charge in [-0.25, -0.2) is 9.13 Å². The molecular formula is C65H126O17P2. The van der Waals surface area contributed by atoms with Gasteiger partial charge in [-0.15, -0.1) is 0 Å². The Morgan fingerprint density at radius 3 is 0.810 bits per heavy atom. The van der Waals surface area contributed by atoms with Gasteiger partial charge in [-0.3, -0.25) is 37.3 Å². The summed E-state index contributed by atoms with van der Waals surface area (Å²) in [5.41, 5.74) is 0. The first-order valence-electron chi connectivity index (χ1n) is 34.0. The fourth-order valence-corrected chi connectivity index (χ4v) is 11.3. The van der Waals surface area contributed by atoms with Gasteiger partial charge >= 0.3 is 39.5 Å². The maximum absolute atomic E-state index is 13.0. The van der Waals surface area contributed by atoms with E-state index in [0.717, 1.165) is 96.3 Å². The molecule has 0 aliphatic heterocycles. The van der Waals surface area contributed by atoms with E-state index >= 15 is 0 Å². The fraction of sp³-hybridized carbons (Fsp3) is 0.938. The molecule has 0 aliphatic carbocycles. The first-order valence-corrected chi connectivity index (χ1v) is 37.0. The molecule has 0 radical (unpaired) electrons. The zero-order chi connectivity index (χ0) is 62.2. The van der Waals surface area contributed by atoms with E-state index in [2.05, 4.69) is 41.5 Å². The highest BCUT2D eigenvalue weighted by atomic mass is 31.2. The van der Waals surface area contributed by atoms with E-state index in [0.29, 0.717) is 37.5 Å². The number of phosphoric acid groups is 2. The van der Waals surface area contributed by atoms with Gasteiger partial charge in [0.1, 0.15) is 19.3 Å². The third-order valence-corrected chi connectivity index (χ3v) is 16.9. The van der Waals surface area contributed by atoms with Crippen LogP contribution in [0.3, 0.4) is 0 Å². The number of hydrogen-bond acceptors (Lipinski definition) is 15. The number of aliphatic hydroxyl groups is 1. The van der Waals surface area contributed by atoms with E-state index < -0.39 is 97.5 Å². The van der Waals surface area contributed by atoms with E-state index in [4.69, 9.17) is 37.0 Å². The molecule has 0 rings (SSSR count). The quantitative estimate of drug-likeness (QED) is 0.0222. The number of aliphatic hydroxyl groups excluding tert-OH is 1. The van der Waals surface area contributed by atoms with Crippen LogP contribution in [0.2, 0.25) is 0 Å². The molecule has 0 aromatic rings. The van der Waals surface area contributed by atoms with Gasteiger partial charge in [-0.1, -0.05) is 273 Å². The number of carbonyl (C=O) groups excluding carboxylic acids is 4.